The highest BCUT2D eigenvalue weighted by Crippen LogP contribution is 2.30. The number of nitrogens with two attached hydrogens (primary N) is 1. The van der Waals surface area contributed by atoms with Gasteiger partial charge in [-0.05, 0) is 36.4 Å². The highest BCUT2D eigenvalue weighted by molar-refractivity contribution is 6.06. The van der Waals surface area contributed by atoms with E-state index in [1.807, 2.05) is 0 Å². The zero-order valence-corrected chi connectivity index (χ0v) is 18.0. The molecule has 1 aliphatic heterocycles. The number of nitrogens with zero attached hydrogens (tertiary/aromatic N) is 3. The first-order chi connectivity index (χ1) is 16.9. The summed E-state index contributed by atoms with van der Waals surface area (Å²) in [5, 5.41) is 2.52. The van der Waals surface area contributed by atoms with E-state index in [9.17, 15) is 18.4 Å². The molecule has 176 valence electrons. The van der Waals surface area contributed by atoms with Crippen molar-refractivity contribution in [1.29, 1.82) is 0 Å². The summed E-state index contributed by atoms with van der Waals surface area (Å²) in [5.41, 5.74) is 5.80. The number of pyridine rings is 1. The summed E-state index contributed by atoms with van der Waals surface area (Å²) >= 11 is 0. The van der Waals surface area contributed by atoms with Gasteiger partial charge in [0, 0.05) is 41.7 Å². The van der Waals surface area contributed by atoms with Gasteiger partial charge in [0.05, 0.1) is 6.61 Å². The van der Waals surface area contributed by atoms with Crippen LogP contribution in [0.15, 0.2) is 65.8 Å². The Morgan fingerprint density at radius 1 is 1.11 bits per heavy atom. The van der Waals surface area contributed by atoms with Crippen molar-refractivity contribution in [3.63, 3.8) is 0 Å². The maximum Gasteiger partial charge on any atom is 0.271 e. The largest absolute Gasteiger partial charge is 0.492 e. The minimum Gasteiger partial charge on any atom is -0.492 e. The number of halogens is 2. The fourth-order valence-corrected chi connectivity index (χ4v) is 3.63. The van der Waals surface area contributed by atoms with E-state index in [1.54, 1.807) is 6.20 Å². The summed E-state index contributed by atoms with van der Waals surface area (Å²) in [6.45, 7) is 0.302. The van der Waals surface area contributed by atoms with Gasteiger partial charge >= 0.3 is 0 Å². The number of carbonyl (C=O) groups excluding carboxylic acids is 1. The predicted molar refractivity (Wildman–Crippen MR) is 122 cm³/mol. The molecule has 0 bridgehead atoms. The van der Waals surface area contributed by atoms with Crippen LogP contribution in [-0.4, -0.2) is 27.0 Å². The third-order valence-electron chi connectivity index (χ3n) is 5.25. The predicted octanol–water partition coefficient (Wildman–Crippen LogP) is 3.47. The van der Waals surface area contributed by atoms with E-state index < -0.39 is 23.1 Å². The molecule has 4 aromatic rings. The van der Waals surface area contributed by atoms with Gasteiger partial charge in [-0.2, -0.15) is 0 Å². The van der Waals surface area contributed by atoms with Crippen LogP contribution in [-0.2, 0) is 6.42 Å². The van der Waals surface area contributed by atoms with Crippen LogP contribution in [0.5, 0.6) is 17.4 Å². The highest BCUT2D eigenvalue weighted by Gasteiger charge is 2.27. The lowest BCUT2D eigenvalue weighted by Gasteiger charge is -2.13. The van der Waals surface area contributed by atoms with Crippen LogP contribution in [0, 0.1) is 11.6 Å². The lowest BCUT2D eigenvalue weighted by molar-refractivity contribution is 0.102. The number of anilines is 2. The van der Waals surface area contributed by atoms with Crippen LogP contribution in [0.4, 0.5) is 20.3 Å². The van der Waals surface area contributed by atoms with Gasteiger partial charge in [-0.15, -0.1) is 0 Å². The summed E-state index contributed by atoms with van der Waals surface area (Å²) < 4.78 is 40.2. The van der Waals surface area contributed by atoms with E-state index in [0.717, 1.165) is 6.07 Å². The number of nitrogen functional groups attached to an aromatic ring is 1. The van der Waals surface area contributed by atoms with E-state index in [0.29, 0.717) is 24.3 Å². The van der Waals surface area contributed by atoms with Gasteiger partial charge in [0.25, 0.3) is 11.5 Å². The number of benzene rings is 2. The molecule has 0 spiro atoms. The average molecular weight is 477 g/mol. The Morgan fingerprint density at radius 2 is 1.91 bits per heavy atom. The van der Waals surface area contributed by atoms with Gasteiger partial charge in [0.1, 0.15) is 29.3 Å². The molecule has 2 aromatic heterocycles. The number of hydrogen-bond donors (Lipinski definition) is 2. The molecule has 2 aromatic carbocycles. The summed E-state index contributed by atoms with van der Waals surface area (Å²) in [5.74, 6) is -1.78. The van der Waals surface area contributed by atoms with Crippen LogP contribution in [0.2, 0.25) is 0 Å². The van der Waals surface area contributed by atoms with Crippen molar-refractivity contribution in [3.05, 3.63) is 94.2 Å². The molecule has 0 aliphatic carbocycles. The highest BCUT2D eigenvalue weighted by atomic mass is 19.1. The summed E-state index contributed by atoms with van der Waals surface area (Å²) in [6.07, 6.45) is 3.24. The number of fused-ring (bicyclic) bond motifs is 1. The van der Waals surface area contributed by atoms with Crippen molar-refractivity contribution >= 4 is 17.4 Å². The van der Waals surface area contributed by atoms with Crippen molar-refractivity contribution < 1.29 is 23.0 Å². The third-order valence-corrected chi connectivity index (χ3v) is 5.25. The third kappa shape index (κ3) is 4.38. The van der Waals surface area contributed by atoms with Gasteiger partial charge in [0.2, 0.25) is 5.88 Å². The molecule has 0 radical (unpaired) electrons. The molecule has 1 aliphatic rings. The molecule has 0 saturated heterocycles. The van der Waals surface area contributed by atoms with Crippen molar-refractivity contribution in [2.75, 3.05) is 17.7 Å². The second kappa shape index (κ2) is 8.86. The molecule has 3 N–H and O–H groups in total. The Kier molecular flexibility index (Phi) is 5.57. The van der Waals surface area contributed by atoms with Crippen LogP contribution in [0.3, 0.4) is 0 Å². The molecule has 5 rings (SSSR count). The van der Waals surface area contributed by atoms with Crippen molar-refractivity contribution in [1.82, 2.24) is 14.5 Å². The molecular formula is C24H17F2N5O4. The van der Waals surface area contributed by atoms with E-state index in [-0.39, 0.29) is 34.4 Å². The fraction of sp³-hybridized carbons (Fsp3) is 0.0833. The first-order valence-corrected chi connectivity index (χ1v) is 10.4. The normalized spacial score (nSPS) is 12.1. The van der Waals surface area contributed by atoms with Crippen molar-refractivity contribution in [2.45, 2.75) is 6.42 Å². The zero-order valence-electron chi connectivity index (χ0n) is 18.0. The number of aromatic nitrogens is 3. The summed E-state index contributed by atoms with van der Waals surface area (Å²) in [4.78, 5) is 33.9. The topological polar surface area (TPSA) is 121 Å². The first-order valence-electron chi connectivity index (χ1n) is 10.4. The molecule has 9 nitrogen and oxygen atoms in total. The molecule has 0 fully saturated rings. The summed E-state index contributed by atoms with van der Waals surface area (Å²) in [6, 6.07) is 10.4. The van der Waals surface area contributed by atoms with Gasteiger partial charge in [0.15, 0.2) is 11.6 Å². The molecular weight excluding hydrogens is 460 g/mol. The van der Waals surface area contributed by atoms with E-state index in [4.69, 9.17) is 15.2 Å². The molecule has 0 unspecified atom stereocenters. The van der Waals surface area contributed by atoms with Crippen molar-refractivity contribution in [2.24, 2.45) is 0 Å². The minimum atomic E-state index is -0.779. The number of rotatable bonds is 5. The summed E-state index contributed by atoms with van der Waals surface area (Å²) in [7, 11) is 0. The lowest BCUT2D eigenvalue weighted by atomic mass is 10.1. The second-order valence-electron chi connectivity index (χ2n) is 7.59. The molecule has 0 atom stereocenters. The second-order valence-corrected chi connectivity index (χ2v) is 7.59. The van der Waals surface area contributed by atoms with Gasteiger partial charge in [-0.25, -0.2) is 18.7 Å². The first kappa shape index (κ1) is 22.0. The van der Waals surface area contributed by atoms with Crippen LogP contribution in [0.1, 0.15) is 15.9 Å². The quantitative estimate of drug-likeness (QED) is 0.451. The lowest BCUT2D eigenvalue weighted by Crippen LogP contribution is -2.29. The Bertz CT molecular complexity index is 1510. The number of amides is 1. The van der Waals surface area contributed by atoms with Gasteiger partial charge in [-0.3, -0.25) is 14.2 Å². The Balaban J connectivity index is 1.44. The van der Waals surface area contributed by atoms with E-state index >= 15 is 0 Å². The molecule has 0 saturated carbocycles. The number of carbonyl (C=O) groups is 1. The van der Waals surface area contributed by atoms with Crippen molar-refractivity contribution in [3.8, 4) is 23.1 Å². The maximum atomic E-state index is 14.6. The Hall–Kier alpha value is -4.80. The molecule has 11 heteroatoms. The monoisotopic (exact) mass is 477 g/mol. The number of hydrogen-bond acceptors (Lipinski definition) is 7. The standard InChI is InChI=1S/C24H17F2N5O4/c25-14-1-4-16(5-2-14)31-11-13-7-8-34-22(13)21(24(31)33)23(32)30-15-3-6-18(17(26)9-15)35-20-10-19(27)28-12-29-20/h1-6,9-12H,7-8H2,(H,30,32)(H2,27,28,29). The van der Waals surface area contributed by atoms with E-state index in [2.05, 4.69) is 15.3 Å². The fourth-order valence-electron chi connectivity index (χ4n) is 3.63. The zero-order chi connectivity index (χ0) is 24.5. The van der Waals surface area contributed by atoms with E-state index in [1.165, 1.54) is 53.4 Å². The van der Waals surface area contributed by atoms with Crippen LogP contribution >= 0.6 is 0 Å². The SMILES string of the molecule is Nc1cc(Oc2ccc(NC(=O)c3c4c(cn(-c5ccc(F)cc5)c3=O)CCO4)cc2F)ncn1. The number of ether oxygens (including phenoxy) is 2. The van der Waals surface area contributed by atoms with Crippen LogP contribution < -0.4 is 26.1 Å². The van der Waals surface area contributed by atoms with Gasteiger partial charge in [-0.1, -0.05) is 0 Å². The smallest absolute Gasteiger partial charge is 0.271 e. The van der Waals surface area contributed by atoms with Crippen LogP contribution in [0.25, 0.3) is 5.69 Å². The molecule has 1 amide bonds. The molecule has 3 heterocycles. The molecule has 35 heavy (non-hydrogen) atoms. The van der Waals surface area contributed by atoms with Gasteiger partial charge < -0.3 is 20.5 Å². The Labute approximate surface area is 196 Å². The average Bonchev–Trinajstić information content (AvgIpc) is 3.29. The maximum absolute atomic E-state index is 14.6. The number of nitrogens with one attached hydrogen (secondary N) is 1. The Morgan fingerprint density at radius 3 is 2.66 bits per heavy atom. The minimum absolute atomic E-state index is 0.0477.